The Labute approximate surface area is 80.7 Å². The summed E-state index contributed by atoms with van der Waals surface area (Å²) < 4.78 is 5.27. The van der Waals surface area contributed by atoms with Crippen molar-refractivity contribution in [3.63, 3.8) is 0 Å². The Bertz CT molecular complexity index is 153. The SMILES string of the molecule is COC1CCN(CCC(C)(C)O)C1. The van der Waals surface area contributed by atoms with Gasteiger partial charge in [0.25, 0.3) is 0 Å². The summed E-state index contributed by atoms with van der Waals surface area (Å²) in [5, 5.41) is 9.54. The van der Waals surface area contributed by atoms with Crippen LogP contribution in [0.4, 0.5) is 0 Å². The molecule has 1 heterocycles. The highest BCUT2D eigenvalue weighted by molar-refractivity contribution is 4.77. The molecule has 0 aromatic rings. The molecule has 0 aromatic carbocycles. The molecule has 13 heavy (non-hydrogen) atoms. The van der Waals surface area contributed by atoms with E-state index in [1.807, 2.05) is 13.8 Å². The minimum absolute atomic E-state index is 0.404. The average Bonchev–Trinajstić information content (AvgIpc) is 2.47. The second kappa shape index (κ2) is 4.40. The molecule has 3 heteroatoms. The monoisotopic (exact) mass is 187 g/mol. The molecule has 1 saturated heterocycles. The van der Waals surface area contributed by atoms with E-state index in [2.05, 4.69) is 4.90 Å². The molecule has 1 fully saturated rings. The van der Waals surface area contributed by atoms with Crippen LogP contribution in [-0.4, -0.2) is 48.5 Å². The van der Waals surface area contributed by atoms with Crippen molar-refractivity contribution < 1.29 is 9.84 Å². The molecule has 0 radical (unpaired) electrons. The van der Waals surface area contributed by atoms with Gasteiger partial charge < -0.3 is 14.7 Å². The van der Waals surface area contributed by atoms with Crippen LogP contribution in [0.25, 0.3) is 0 Å². The summed E-state index contributed by atoms with van der Waals surface area (Å²) >= 11 is 0. The van der Waals surface area contributed by atoms with E-state index in [4.69, 9.17) is 4.74 Å². The van der Waals surface area contributed by atoms with Crippen LogP contribution in [0.15, 0.2) is 0 Å². The number of aliphatic hydroxyl groups is 1. The Kier molecular flexibility index (Phi) is 3.71. The standard InChI is InChI=1S/C10H21NO2/c1-10(2,12)5-7-11-6-4-9(8-11)13-3/h9,12H,4-8H2,1-3H3. The fourth-order valence-electron chi connectivity index (χ4n) is 1.62. The third kappa shape index (κ3) is 4.07. The number of hydrogen-bond donors (Lipinski definition) is 1. The lowest BCUT2D eigenvalue weighted by atomic mass is 10.1. The first kappa shape index (κ1) is 11.0. The fraction of sp³-hybridized carbons (Fsp3) is 1.00. The molecule has 0 aromatic heterocycles. The lowest BCUT2D eigenvalue weighted by Crippen LogP contribution is -2.30. The highest BCUT2D eigenvalue weighted by Gasteiger charge is 2.23. The number of hydrogen-bond acceptors (Lipinski definition) is 3. The lowest BCUT2D eigenvalue weighted by Gasteiger charge is -2.22. The zero-order valence-electron chi connectivity index (χ0n) is 8.92. The zero-order chi connectivity index (χ0) is 9.90. The fourth-order valence-corrected chi connectivity index (χ4v) is 1.62. The minimum atomic E-state index is -0.537. The first-order valence-corrected chi connectivity index (χ1v) is 4.99. The van der Waals surface area contributed by atoms with Crippen molar-refractivity contribution in [1.82, 2.24) is 4.90 Å². The number of likely N-dealkylation sites (tertiary alicyclic amines) is 1. The molecule has 0 aliphatic carbocycles. The summed E-state index contributed by atoms with van der Waals surface area (Å²) in [6, 6.07) is 0. The summed E-state index contributed by atoms with van der Waals surface area (Å²) in [7, 11) is 1.77. The van der Waals surface area contributed by atoms with Crippen molar-refractivity contribution in [1.29, 1.82) is 0 Å². The van der Waals surface area contributed by atoms with E-state index in [1.54, 1.807) is 7.11 Å². The Balaban J connectivity index is 2.17. The van der Waals surface area contributed by atoms with Gasteiger partial charge in [-0.25, -0.2) is 0 Å². The van der Waals surface area contributed by atoms with Gasteiger partial charge in [0.05, 0.1) is 11.7 Å². The van der Waals surface area contributed by atoms with Gasteiger partial charge in [-0.2, -0.15) is 0 Å². The lowest BCUT2D eigenvalue weighted by molar-refractivity contribution is 0.0564. The summed E-state index contributed by atoms with van der Waals surface area (Å²) in [5.41, 5.74) is -0.537. The van der Waals surface area contributed by atoms with Crippen LogP contribution in [0.5, 0.6) is 0 Å². The Morgan fingerprint density at radius 2 is 2.23 bits per heavy atom. The van der Waals surface area contributed by atoms with Gasteiger partial charge >= 0.3 is 0 Å². The molecule has 3 nitrogen and oxygen atoms in total. The summed E-state index contributed by atoms with van der Waals surface area (Å²) in [6.07, 6.45) is 2.37. The largest absolute Gasteiger partial charge is 0.390 e. The molecule has 0 saturated carbocycles. The predicted molar refractivity (Wildman–Crippen MR) is 52.8 cm³/mol. The summed E-state index contributed by atoms with van der Waals surface area (Å²) in [6.45, 7) is 6.82. The summed E-state index contributed by atoms with van der Waals surface area (Å²) in [5.74, 6) is 0. The van der Waals surface area contributed by atoms with Gasteiger partial charge in [0.1, 0.15) is 0 Å². The van der Waals surface area contributed by atoms with Crippen molar-refractivity contribution in [2.75, 3.05) is 26.7 Å². The Morgan fingerprint density at radius 1 is 1.54 bits per heavy atom. The number of rotatable bonds is 4. The van der Waals surface area contributed by atoms with E-state index in [0.717, 1.165) is 32.5 Å². The van der Waals surface area contributed by atoms with Gasteiger partial charge in [-0.1, -0.05) is 0 Å². The van der Waals surface area contributed by atoms with Gasteiger partial charge in [-0.05, 0) is 26.7 Å². The quantitative estimate of drug-likeness (QED) is 0.709. The third-order valence-corrected chi connectivity index (χ3v) is 2.60. The predicted octanol–water partition coefficient (Wildman–Crippen LogP) is 0.868. The molecule has 1 aliphatic rings. The van der Waals surface area contributed by atoms with Crippen molar-refractivity contribution in [2.45, 2.75) is 38.4 Å². The molecule has 1 N–H and O–H groups in total. The Morgan fingerprint density at radius 3 is 2.69 bits per heavy atom. The zero-order valence-corrected chi connectivity index (χ0v) is 8.92. The van der Waals surface area contributed by atoms with Crippen LogP contribution < -0.4 is 0 Å². The van der Waals surface area contributed by atoms with Crippen LogP contribution in [-0.2, 0) is 4.74 Å². The Hall–Kier alpha value is -0.120. The molecule has 1 unspecified atom stereocenters. The highest BCUT2D eigenvalue weighted by Crippen LogP contribution is 2.15. The van der Waals surface area contributed by atoms with Crippen LogP contribution >= 0.6 is 0 Å². The van der Waals surface area contributed by atoms with Crippen molar-refractivity contribution in [2.24, 2.45) is 0 Å². The minimum Gasteiger partial charge on any atom is -0.390 e. The molecule has 1 atom stereocenters. The van der Waals surface area contributed by atoms with Crippen LogP contribution in [0.2, 0.25) is 0 Å². The van der Waals surface area contributed by atoms with Crippen LogP contribution in [0.1, 0.15) is 26.7 Å². The van der Waals surface area contributed by atoms with E-state index in [-0.39, 0.29) is 0 Å². The van der Waals surface area contributed by atoms with Gasteiger partial charge in [-0.3, -0.25) is 0 Å². The van der Waals surface area contributed by atoms with Crippen LogP contribution in [0.3, 0.4) is 0 Å². The maximum absolute atomic E-state index is 9.54. The molecule has 0 spiro atoms. The second-order valence-corrected chi connectivity index (χ2v) is 4.51. The molecule has 1 rings (SSSR count). The van der Waals surface area contributed by atoms with E-state index in [0.29, 0.717) is 6.10 Å². The molecule has 78 valence electrons. The topological polar surface area (TPSA) is 32.7 Å². The maximum atomic E-state index is 9.54. The number of nitrogens with zero attached hydrogens (tertiary/aromatic N) is 1. The smallest absolute Gasteiger partial charge is 0.0710 e. The first-order chi connectivity index (χ1) is 6.01. The normalized spacial score (nSPS) is 25.4. The third-order valence-electron chi connectivity index (χ3n) is 2.60. The second-order valence-electron chi connectivity index (χ2n) is 4.51. The van der Waals surface area contributed by atoms with Gasteiger partial charge in [0.2, 0.25) is 0 Å². The van der Waals surface area contributed by atoms with Crippen molar-refractivity contribution in [3.8, 4) is 0 Å². The van der Waals surface area contributed by atoms with E-state index < -0.39 is 5.60 Å². The van der Waals surface area contributed by atoms with E-state index in [9.17, 15) is 5.11 Å². The van der Waals surface area contributed by atoms with E-state index >= 15 is 0 Å². The molecule has 0 bridgehead atoms. The van der Waals surface area contributed by atoms with E-state index in [1.165, 1.54) is 0 Å². The molecule has 1 aliphatic heterocycles. The van der Waals surface area contributed by atoms with Crippen molar-refractivity contribution in [3.05, 3.63) is 0 Å². The number of methoxy groups -OCH3 is 1. The van der Waals surface area contributed by atoms with Crippen LogP contribution in [0, 0.1) is 0 Å². The maximum Gasteiger partial charge on any atom is 0.0710 e. The number of ether oxygens (including phenoxy) is 1. The average molecular weight is 187 g/mol. The molecular weight excluding hydrogens is 166 g/mol. The molecular formula is C10H21NO2. The molecule has 0 amide bonds. The summed E-state index contributed by atoms with van der Waals surface area (Å²) in [4.78, 5) is 2.35. The van der Waals surface area contributed by atoms with Crippen molar-refractivity contribution >= 4 is 0 Å². The van der Waals surface area contributed by atoms with Gasteiger partial charge in [0, 0.05) is 26.7 Å². The highest BCUT2D eigenvalue weighted by atomic mass is 16.5. The first-order valence-electron chi connectivity index (χ1n) is 4.99. The van der Waals surface area contributed by atoms with Gasteiger partial charge in [0.15, 0.2) is 0 Å². The van der Waals surface area contributed by atoms with Gasteiger partial charge in [-0.15, -0.1) is 0 Å².